The molecule has 21 heavy (non-hydrogen) atoms. The molecule has 2 heterocycles. The second-order valence-electron chi connectivity index (χ2n) is 5.84. The van der Waals surface area contributed by atoms with E-state index in [-0.39, 0.29) is 5.78 Å². The van der Waals surface area contributed by atoms with E-state index in [1.807, 2.05) is 18.2 Å². The van der Waals surface area contributed by atoms with E-state index in [1.165, 1.54) is 5.57 Å². The third-order valence-electron chi connectivity index (χ3n) is 4.49. The molecule has 0 amide bonds. The van der Waals surface area contributed by atoms with Crippen LogP contribution in [0, 0.1) is 0 Å². The maximum absolute atomic E-state index is 12.8. The van der Waals surface area contributed by atoms with Gasteiger partial charge in [0, 0.05) is 21.9 Å². The average Bonchev–Trinajstić information content (AvgIpc) is 3.13. The third kappa shape index (κ3) is 1.50. The quantitative estimate of drug-likeness (QED) is 0.624. The molecule has 1 aromatic carbocycles. The lowest BCUT2D eigenvalue weighted by Gasteiger charge is -2.05. The fourth-order valence-corrected chi connectivity index (χ4v) is 3.67. The third-order valence-corrected chi connectivity index (χ3v) is 4.49. The van der Waals surface area contributed by atoms with E-state index >= 15 is 0 Å². The Hall–Kier alpha value is -2.09. The molecule has 0 saturated carbocycles. The van der Waals surface area contributed by atoms with Gasteiger partial charge in [-0.15, -0.1) is 0 Å². The largest absolute Gasteiger partial charge is 0.455 e. The van der Waals surface area contributed by atoms with Crippen LogP contribution >= 0.6 is 0 Å². The van der Waals surface area contributed by atoms with E-state index in [1.54, 1.807) is 0 Å². The summed E-state index contributed by atoms with van der Waals surface area (Å²) in [4.78, 5) is 12.8. The van der Waals surface area contributed by atoms with Crippen LogP contribution in [-0.4, -0.2) is 5.78 Å². The number of carbonyl (C=O) groups is 1. The Kier molecular flexibility index (Phi) is 2.68. The fourth-order valence-electron chi connectivity index (χ4n) is 3.67. The predicted octanol–water partition coefficient (Wildman–Crippen LogP) is 5.57. The van der Waals surface area contributed by atoms with Crippen LogP contribution in [0.1, 0.15) is 55.5 Å². The minimum atomic E-state index is 0.204. The monoisotopic (exact) mass is 278 g/mol. The van der Waals surface area contributed by atoms with Gasteiger partial charge < -0.3 is 4.42 Å². The molecule has 0 spiro atoms. The number of rotatable bonds is 4. The molecule has 0 fully saturated rings. The first-order valence-electron chi connectivity index (χ1n) is 7.81. The van der Waals surface area contributed by atoms with Crippen molar-refractivity contribution >= 4 is 33.3 Å². The van der Waals surface area contributed by atoms with Crippen LogP contribution in [0.5, 0.6) is 0 Å². The van der Waals surface area contributed by atoms with Crippen molar-refractivity contribution in [2.45, 2.75) is 39.5 Å². The summed E-state index contributed by atoms with van der Waals surface area (Å²) in [7, 11) is 0. The van der Waals surface area contributed by atoms with E-state index in [4.69, 9.17) is 4.42 Å². The predicted molar refractivity (Wildman–Crippen MR) is 86.0 cm³/mol. The van der Waals surface area contributed by atoms with Gasteiger partial charge in [-0.3, -0.25) is 4.79 Å². The van der Waals surface area contributed by atoms with Crippen LogP contribution in [-0.2, 0) is 0 Å². The van der Waals surface area contributed by atoms with Gasteiger partial charge in [0.25, 0.3) is 0 Å². The molecule has 0 unspecified atom stereocenters. The van der Waals surface area contributed by atoms with Gasteiger partial charge in [-0.25, -0.2) is 0 Å². The summed E-state index contributed by atoms with van der Waals surface area (Å²) in [5, 5.41) is 2.22. The van der Waals surface area contributed by atoms with E-state index in [9.17, 15) is 4.79 Å². The van der Waals surface area contributed by atoms with E-state index < -0.39 is 0 Å². The first-order chi connectivity index (χ1) is 10.3. The number of Topliss-reactive ketones (excluding diaryl/α,β-unsaturated/α-hetero) is 1. The molecule has 0 aliphatic heterocycles. The Morgan fingerprint density at radius 3 is 2.05 bits per heavy atom. The van der Waals surface area contributed by atoms with Crippen LogP contribution in [0.4, 0.5) is 0 Å². The van der Waals surface area contributed by atoms with Crippen molar-refractivity contribution < 1.29 is 9.21 Å². The number of carbonyl (C=O) groups excluding carboxylic acids is 1. The molecule has 2 bridgehead atoms. The number of hydrogen-bond acceptors (Lipinski definition) is 2. The van der Waals surface area contributed by atoms with Crippen molar-refractivity contribution in [3.05, 3.63) is 41.0 Å². The van der Waals surface area contributed by atoms with Gasteiger partial charge in [-0.2, -0.15) is 0 Å². The topological polar surface area (TPSA) is 30.2 Å². The first kappa shape index (κ1) is 12.6. The lowest BCUT2D eigenvalue weighted by molar-refractivity contribution is 0.103. The molecule has 2 nitrogen and oxygen atoms in total. The SMILES string of the molecule is CCCC1=C(CCC)c2c(c3oc2c2ccccc32)C1=O. The molecule has 2 heteroatoms. The van der Waals surface area contributed by atoms with Crippen LogP contribution in [0.25, 0.3) is 27.5 Å². The molecule has 0 radical (unpaired) electrons. The van der Waals surface area contributed by atoms with E-state index in [0.29, 0.717) is 0 Å². The van der Waals surface area contributed by atoms with Crippen LogP contribution in [0.15, 0.2) is 34.3 Å². The maximum atomic E-state index is 12.8. The summed E-state index contributed by atoms with van der Waals surface area (Å²) in [5.74, 6) is 0.204. The van der Waals surface area contributed by atoms with Gasteiger partial charge in [0.05, 0.1) is 5.56 Å². The zero-order valence-electron chi connectivity index (χ0n) is 12.5. The molecule has 2 aromatic heterocycles. The Labute approximate surface area is 123 Å². The standard InChI is InChI=1S/C19H18O2/c1-3-7-11-12(8-4-2)17(20)16-15(11)18-13-9-5-6-10-14(13)19(16)21-18/h5-6,9-10H,3-4,7-8H2,1-2H3. The van der Waals surface area contributed by atoms with Crippen LogP contribution in [0.2, 0.25) is 0 Å². The highest BCUT2D eigenvalue weighted by Crippen LogP contribution is 2.49. The minimum absolute atomic E-state index is 0.204. The van der Waals surface area contributed by atoms with Gasteiger partial charge in [-0.1, -0.05) is 51.0 Å². The summed E-state index contributed by atoms with van der Waals surface area (Å²) in [6.07, 6.45) is 3.89. The highest BCUT2D eigenvalue weighted by atomic mass is 16.3. The molecule has 0 saturated heterocycles. The Morgan fingerprint density at radius 2 is 1.43 bits per heavy atom. The number of benzene rings is 2. The fraction of sp³-hybridized carbons (Fsp3) is 0.316. The Bertz CT molecular complexity index is 879. The molecule has 3 aromatic rings. The summed E-state index contributed by atoms with van der Waals surface area (Å²) in [6, 6.07) is 8.17. The van der Waals surface area contributed by atoms with E-state index in [0.717, 1.165) is 64.3 Å². The Balaban J connectivity index is 2.05. The number of furan rings is 2. The highest BCUT2D eigenvalue weighted by molar-refractivity contribution is 6.31. The molecule has 1 aliphatic rings. The molecular weight excluding hydrogens is 260 g/mol. The molecule has 0 atom stereocenters. The first-order valence-corrected chi connectivity index (χ1v) is 7.81. The summed E-state index contributed by atoms with van der Waals surface area (Å²) < 4.78 is 5.99. The van der Waals surface area contributed by atoms with Crippen molar-refractivity contribution in [1.29, 1.82) is 0 Å². The van der Waals surface area contributed by atoms with E-state index in [2.05, 4.69) is 19.9 Å². The molecular formula is C19H18O2. The van der Waals surface area contributed by atoms with Crippen LogP contribution < -0.4 is 0 Å². The van der Waals surface area contributed by atoms with Gasteiger partial charge in [0.15, 0.2) is 5.78 Å². The summed E-state index contributed by atoms with van der Waals surface area (Å²) in [5.41, 5.74) is 5.89. The van der Waals surface area contributed by atoms with Gasteiger partial charge in [0.2, 0.25) is 0 Å². The Morgan fingerprint density at radius 1 is 0.857 bits per heavy atom. The smallest absolute Gasteiger partial charge is 0.193 e. The van der Waals surface area contributed by atoms with Gasteiger partial charge in [-0.05, 0) is 18.4 Å². The number of hydrogen-bond donors (Lipinski definition) is 0. The molecule has 1 aliphatic carbocycles. The van der Waals surface area contributed by atoms with Crippen molar-refractivity contribution in [3.8, 4) is 0 Å². The van der Waals surface area contributed by atoms with Crippen molar-refractivity contribution in [2.24, 2.45) is 0 Å². The lowest BCUT2D eigenvalue weighted by Crippen LogP contribution is -1.98. The normalized spacial score (nSPS) is 14.9. The molecule has 106 valence electrons. The summed E-state index contributed by atoms with van der Waals surface area (Å²) >= 11 is 0. The molecule has 0 N–H and O–H groups in total. The number of allylic oxidation sites excluding steroid dienone is 2. The second kappa shape index (κ2) is 4.45. The lowest BCUT2D eigenvalue weighted by atomic mass is 9.97. The van der Waals surface area contributed by atoms with Gasteiger partial charge in [0.1, 0.15) is 11.2 Å². The van der Waals surface area contributed by atoms with Crippen molar-refractivity contribution in [1.82, 2.24) is 0 Å². The number of ketones is 1. The highest BCUT2D eigenvalue weighted by Gasteiger charge is 2.36. The van der Waals surface area contributed by atoms with Crippen molar-refractivity contribution in [2.75, 3.05) is 0 Å². The summed E-state index contributed by atoms with van der Waals surface area (Å²) in [6.45, 7) is 4.30. The minimum Gasteiger partial charge on any atom is -0.455 e. The molecule has 4 rings (SSSR count). The maximum Gasteiger partial charge on any atom is 0.193 e. The van der Waals surface area contributed by atoms with Crippen molar-refractivity contribution in [3.63, 3.8) is 0 Å². The zero-order valence-corrected chi connectivity index (χ0v) is 12.5. The van der Waals surface area contributed by atoms with Gasteiger partial charge >= 0.3 is 0 Å². The average molecular weight is 278 g/mol. The number of fused-ring (bicyclic) bond motifs is 8. The second-order valence-corrected chi connectivity index (χ2v) is 5.84. The zero-order chi connectivity index (χ0) is 14.6. The van der Waals surface area contributed by atoms with Crippen LogP contribution in [0.3, 0.4) is 0 Å².